The van der Waals surface area contributed by atoms with E-state index in [4.69, 9.17) is 8.71 Å². The first-order valence-electron chi connectivity index (χ1n) is 8.75. The smallest absolute Gasteiger partial charge is 0.356 e. The van der Waals surface area contributed by atoms with Gasteiger partial charge in [0.05, 0.1) is 12.2 Å². The number of amides is 1. The van der Waals surface area contributed by atoms with E-state index in [0.717, 1.165) is 12.0 Å². The first-order valence-corrected chi connectivity index (χ1v) is 11.4. The number of piperazine rings is 1. The average Bonchev–Trinajstić information content (AvgIpc) is 2.52. The monoisotopic (exact) mass is 411 g/mol. The summed E-state index contributed by atoms with van der Waals surface area (Å²) in [6, 6.07) is 0. The van der Waals surface area contributed by atoms with E-state index in [-0.39, 0.29) is 5.91 Å². The molecule has 0 aromatic heterocycles. The molecular formula is C16H34N3O5PS. The van der Waals surface area contributed by atoms with E-state index in [2.05, 4.69) is 0 Å². The molecule has 154 valence electrons. The summed E-state index contributed by atoms with van der Waals surface area (Å²) in [6.45, 7) is 9.09. The van der Waals surface area contributed by atoms with E-state index in [1.807, 2.05) is 0 Å². The van der Waals surface area contributed by atoms with Gasteiger partial charge in [-0.2, -0.15) is 0 Å². The fraction of sp³-hybridized carbons (Fsp3) is 0.938. The van der Waals surface area contributed by atoms with E-state index < -0.39 is 18.9 Å². The first kappa shape index (κ1) is 23.9. The lowest BCUT2D eigenvalue weighted by molar-refractivity contribution is -0.157. The van der Waals surface area contributed by atoms with Gasteiger partial charge in [-0.1, -0.05) is 0 Å². The summed E-state index contributed by atoms with van der Waals surface area (Å²) >= 11 is 1.09. The highest BCUT2D eigenvalue weighted by molar-refractivity contribution is 7.97. The molecule has 1 fully saturated rings. The molecule has 0 radical (unpaired) electrons. The van der Waals surface area contributed by atoms with Gasteiger partial charge in [0.15, 0.2) is 0 Å². The van der Waals surface area contributed by atoms with Crippen molar-refractivity contribution in [2.24, 2.45) is 0 Å². The topological polar surface area (TPSA) is 82.6 Å². The van der Waals surface area contributed by atoms with Crippen molar-refractivity contribution in [3.63, 3.8) is 0 Å². The summed E-state index contributed by atoms with van der Waals surface area (Å²) in [6.07, 6.45) is 2.19. The minimum absolute atomic E-state index is 0.0987. The number of ether oxygens (including phenoxy) is 1. The summed E-state index contributed by atoms with van der Waals surface area (Å²) in [5.74, 6) is -0.0987. The molecule has 1 heterocycles. The Balaban J connectivity index is 2.63. The van der Waals surface area contributed by atoms with Gasteiger partial charge >= 0.3 is 7.67 Å². The normalized spacial score (nSPS) is 19.7. The van der Waals surface area contributed by atoms with Crippen molar-refractivity contribution < 1.29 is 23.2 Å². The van der Waals surface area contributed by atoms with Gasteiger partial charge in [0, 0.05) is 32.4 Å². The Kier molecular flexibility index (Phi) is 8.60. The molecular weight excluding hydrogens is 377 g/mol. The first-order chi connectivity index (χ1) is 11.8. The van der Waals surface area contributed by atoms with E-state index in [1.54, 1.807) is 62.3 Å². The third kappa shape index (κ3) is 6.48. The largest absolute Gasteiger partial charge is 0.390 e. The second-order valence-corrected chi connectivity index (χ2v) is 11.0. The van der Waals surface area contributed by atoms with Crippen molar-refractivity contribution in [3.05, 3.63) is 0 Å². The van der Waals surface area contributed by atoms with Crippen LogP contribution in [-0.4, -0.2) is 89.6 Å². The lowest BCUT2D eigenvalue weighted by Gasteiger charge is -2.41. The Morgan fingerprint density at radius 3 is 2.15 bits per heavy atom. The van der Waals surface area contributed by atoms with Crippen molar-refractivity contribution in [1.82, 2.24) is 14.2 Å². The van der Waals surface area contributed by atoms with Crippen LogP contribution in [0.4, 0.5) is 0 Å². The van der Waals surface area contributed by atoms with Crippen LogP contribution in [0.25, 0.3) is 0 Å². The Labute approximate surface area is 161 Å². The van der Waals surface area contributed by atoms with Crippen molar-refractivity contribution in [2.45, 2.75) is 45.3 Å². The molecule has 1 N–H and O–H groups in total. The van der Waals surface area contributed by atoms with Crippen LogP contribution in [0.5, 0.6) is 0 Å². The predicted octanol–water partition coefficient (Wildman–Crippen LogP) is 2.05. The third-order valence-electron chi connectivity index (χ3n) is 4.27. The van der Waals surface area contributed by atoms with Crippen LogP contribution in [0.15, 0.2) is 0 Å². The van der Waals surface area contributed by atoms with Crippen LogP contribution in [0.1, 0.15) is 34.1 Å². The lowest BCUT2D eigenvalue weighted by Crippen LogP contribution is -2.54. The Morgan fingerprint density at radius 1 is 1.19 bits per heavy atom. The van der Waals surface area contributed by atoms with Gasteiger partial charge in [0.25, 0.3) is 5.91 Å². The van der Waals surface area contributed by atoms with Crippen molar-refractivity contribution in [2.75, 3.05) is 53.1 Å². The van der Waals surface area contributed by atoms with E-state index in [0.29, 0.717) is 39.2 Å². The van der Waals surface area contributed by atoms with Crippen LogP contribution >= 0.6 is 19.7 Å². The molecule has 1 amide bonds. The van der Waals surface area contributed by atoms with Crippen molar-refractivity contribution in [3.8, 4) is 0 Å². The zero-order chi connectivity index (χ0) is 20.2. The molecule has 0 aromatic carbocycles. The van der Waals surface area contributed by atoms with E-state index in [9.17, 15) is 14.5 Å². The minimum atomic E-state index is -3.07. The highest BCUT2D eigenvalue weighted by atomic mass is 32.2. The Morgan fingerprint density at radius 2 is 1.73 bits per heavy atom. The third-order valence-corrected chi connectivity index (χ3v) is 7.77. The van der Waals surface area contributed by atoms with Gasteiger partial charge in [-0.3, -0.25) is 9.36 Å². The number of nitrogens with zero attached hydrogens (tertiary/aromatic N) is 3. The number of rotatable bonds is 9. The number of carbonyl (C=O) groups excluding carboxylic acids is 1. The maximum Gasteiger partial charge on any atom is 0.356 e. The van der Waals surface area contributed by atoms with Crippen LogP contribution in [0.3, 0.4) is 0 Å². The molecule has 0 bridgehead atoms. The Bertz CT molecular complexity index is 517. The van der Waals surface area contributed by atoms with Gasteiger partial charge in [-0.05, 0) is 60.3 Å². The summed E-state index contributed by atoms with van der Waals surface area (Å²) in [5.41, 5.74) is -1.79. The molecule has 10 heteroatoms. The highest BCUT2D eigenvalue weighted by Gasteiger charge is 2.40. The lowest BCUT2D eigenvalue weighted by atomic mass is 10.0. The fourth-order valence-corrected chi connectivity index (χ4v) is 5.49. The zero-order valence-corrected chi connectivity index (χ0v) is 18.7. The standard InChI is InChI=1S/C16H34N3O5PS/c1-15(2,21)8-13-23-16(3,4)14(20)18-9-11-19(12-10-18)25(22,17(5)6)24-26-7/h21H,8-13H2,1-7H3. The molecule has 1 aliphatic rings. The summed E-state index contributed by atoms with van der Waals surface area (Å²) < 4.78 is 27.6. The number of hydrogen-bond acceptors (Lipinski definition) is 6. The molecule has 1 rings (SSSR count). The van der Waals surface area contributed by atoms with Crippen LogP contribution in [0, 0.1) is 0 Å². The van der Waals surface area contributed by atoms with Gasteiger partial charge in [-0.15, -0.1) is 0 Å². The van der Waals surface area contributed by atoms with Gasteiger partial charge in [0.2, 0.25) is 0 Å². The molecule has 0 spiro atoms. The molecule has 1 aliphatic heterocycles. The zero-order valence-electron chi connectivity index (χ0n) is 17.0. The molecule has 1 saturated heterocycles. The molecule has 1 unspecified atom stereocenters. The van der Waals surface area contributed by atoms with E-state index in [1.165, 1.54) is 0 Å². The Hall–Kier alpha value is -0.150. The maximum absolute atomic E-state index is 13.0. The summed E-state index contributed by atoms with van der Waals surface area (Å²) in [5, 5.41) is 9.77. The molecule has 8 nitrogen and oxygen atoms in total. The quantitative estimate of drug-likeness (QED) is 0.456. The van der Waals surface area contributed by atoms with E-state index >= 15 is 0 Å². The number of hydrogen-bond donors (Lipinski definition) is 1. The van der Waals surface area contributed by atoms with Crippen LogP contribution in [0.2, 0.25) is 0 Å². The average molecular weight is 412 g/mol. The molecule has 0 aromatic rings. The predicted molar refractivity (Wildman–Crippen MR) is 105 cm³/mol. The molecule has 0 saturated carbocycles. The van der Waals surface area contributed by atoms with Gasteiger partial charge < -0.3 is 14.7 Å². The molecule has 26 heavy (non-hydrogen) atoms. The maximum atomic E-state index is 13.0. The molecule has 1 atom stereocenters. The second kappa shape index (κ2) is 9.37. The van der Waals surface area contributed by atoms with Crippen LogP contribution < -0.4 is 0 Å². The minimum Gasteiger partial charge on any atom is -0.390 e. The van der Waals surface area contributed by atoms with Crippen molar-refractivity contribution >= 4 is 25.6 Å². The molecule has 0 aliphatic carbocycles. The number of aliphatic hydroxyl groups is 1. The highest BCUT2D eigenvalue weighted by Crippen LogP contribution is 2.55. The van der Waals surface area contributed by atoms with Crippen molar-refractivity contribution in [1.29, 1.82) is 0 Å². The fourth-order valence-electron chi connectivity index (χ4n) is 2.61. The van der Waals surface area contributed by atoms with Gasteiger partial charge in [-0.25, -0.2) is 13.3 Å². The summed E-state index contributed by atoms with van der Waals surface area (Å²) in [7, 11) is 0.393. The van der Waals surface area contributed by atoms with Gasteiger partial charge in [0.1, 0.15) is 5.60 Å². The number of carbonyl (C=O) groups is 1. The summed E-state index contributed by atoms with van der Waals surface area (Å²) in [4.78, 5) is 14.5. The second-order valence-electron chi connectivity index (χ2n) is 7.75. The SMILES string of the molecule is CSOP(=O)(N(C)C)N1CCN(C(=O)C(C)(C)OCCC(C)(C)O)CC1. The van der Waals surface area contributed by atoms with Crippen LogP contribution in [-0.2, 0) is 18.1 Å².